The third-order valence-corrected chi connectivity index (χ3v) is 3.51. The van der Waals surface area contributed by atoms with Gasteiger partial charge in [-0.15, -0.1) is 0 Å². The normalized spacial score (nSPS) is 10.9. The Morgan fingerprint density at radius 1 is 1.25 bits per heavy atom. The fraction of sp³-hybridized carbons (Fsp3) is 0.0714. The Balaban J connectivity index is 2.50. The minimum Gasteiger partial charge on any atom is -0.387 e. The van der Waals surface area contributed by atoms with E-state index in [1.165, 1.54) is 12.1 Å². The van der Waals surface area contributed by atoms with Gasteiger partial charge in [-0.05, 0) is 18.2 Å². The van der Waals surface area contributed by atoms with Gasteiger partial charge in [0, 0.05) is 30.0 Å². The van der Waals surface area contributed by atoms with E-state index < -0.39 is 4.92 Å². The molecular weight excluding hydrogens is 278 g/mol. The second-order valence-corrected chi connectivity index (χ2v) is 4.74. The molecular formula is C14H10ClN3O2. The summed E-state index contributed by atoms with van der Waals surface area (Å²) < 4.78 is 0. The Morgan fingerprint density at radius 2 is 2.05 bits per heavy atom. The quantitative estimate of drug-likeness (QED) is 0.439. The van der Waals surface area contributed by atoms with Gasteiger partial charge in [-0.3, -0.25) is 10.1 Å². The average molecular weight is 288 g/mol. The van der Waals surface area contributed by atoms with E-state index in [1.807, 2.05) is 12.1 Å². The lowest BCUT2D eigenvalue weighted by molar-refractivity contribution is -0.384. The van der Waals surface area contributed by atoms with E-state index in [-0.39, 0.29) is 5.69 Å². The SMILES string of the molecule is CNc1c2cc([N+](=O)[O-])ccc2nc2cccc(Cl)c12. The summed E-state index contributed by atoms with van der Waals surface area (Å²) in [6.07, 6.45) is 0. The zero-order valence-corrected chi connectivity index (χ0v) is 11.3. The third kappa shape index (κ3) is 1.83. The van der Waals surface area contributed by atoms with Crippen LogP contribution in [0.3, 0.4) is 0 Å². The topological polar surface area (TPSA) is 68.1 Å². The number of non-ortho nitro benzene ring substituents is 1. The maximum absolute atomic E-state index is 10.9. The van der Waals surface area contributed by atoms with Gasteiger partial charge in [0.1, 0.15) is 0 Å². The summed E-state index contributed by atoms with van der Waals surface area (Å²) >= 11 is 6.23. The van der Waals surface area contributed by atoms with Crippen molar-refractivity contribution in [3.63, 3.8) is 0 Å². The van der Waals surface area contributed by atoms with Crippen molar-refractivity contribution in [2.45, 2.75) is 0 Å². The van der Waals surface area contributed by atoms with Crippen LogP contribution in [0, 0.1) is 10.1 Å². The molecule has 0 fully saturated rings. The monoisotopic (exact) mass is 287 g/mol. The summed E-state index contributed by atoms with van der Waals surface area (Å²) in [5.74, 6) is 0. The minimum atomic E-state index is -0.421. The van der Waals surface area contributed by atoms with E-state index in [2.05, 4.69) is 10.3 Å². The van der Waals surface area contributed by atoms with Crippen LogP contribution in [0.2, 0.25) is 5.02 Å². The molecule has 6 heteroatoms. The van der Waals surface area contributed by atoms with Crippen molar-refractivity contribution in [1.82, 2.24) is 4.98 Å². The molecule has 0 radical (unpaired) electrons. The molecule has 0 aliphatic heterocycles. The lowest BCUT2D eigenvalue weighted by Gasteiger charge is -2.11. The van der Waals surface area contributed by atoms with Crippen molar-refractivity contribution >= 4 is 44.8 Å². The van der Waals surface area contributed by atoms with Crippen molar-refractivity contribution in [1.29, 1.82) is 0 Å². The maximum atomic E-state index is 10.9. The number of nitrogens with zero attached hydrogens (tertiary/aromatic N) is 2. The molecule has 1 aromatic heterocycles. The number of nitro benzene ring substituents is 1. The Morgan fingerprint density at radius 3 is 2.75 bits per heavy atom. The van der Waals surface area contributed by atoms with Crippen molar-refractivity contribution < 1.29 is 4.92 Å². The van der Waals surface area contributed by atoms with E-state index in [4.69, 9.17) is 11.6 Å². The van der Waals surface area contributed by atoms with Gasteiger partial charge >= 0.3 is 0 Å². The standard InChI is InChI=1S/C14H10ClN3O2/c1-16-14-9-7-8(18(19)20)5-6-11(9)17-12-4-2-3-10(15)13(12)14/h2-7H,1H3,(H,16,17). The van der Waals surface area contributed by atoms with Crippen LogP contribution in [0.5, 0.6) is 0 Å². The highest BCUT2D eigenvalue weighted by molar-refractivity contribution is 6.37. The predicted molar refractivity (Wildman–Crippen MR) is 80.5 cm³/mol. The number of hydrogen-bond donors (Lipinski definition) is 1. The van der Waals surface area contributed by atoms with Gasteiger partial charge in [0.2, 0.25) is 0 Å². The molecule has 0 saturated heterocycles. The molecule has 0 aliphatic rings. The first-order chi connectivity index (χ1) is 9.61. The Bertz CT molecular complexity index is 849. The molecule has 5 nitrogen and oxygen atoms in total. The van der Waals surface area contributed by atoms with Crippen molar-refractivity contribution in [2.24, 2.45) is 0 Å². The molecule has 1 heterocycles. The summed E-state index contributed by atoms with van der Waals surface area (Å²) in [6.45, 7) is 0. The Labute approximate surface area is 119 Å². The molecule has 0 amide bonds. The van der Waals surface area contributed by atoms with Crippen LogP contribution in [0.15, 0.2) is 36.4 Å². The Kier molecular flexibility index (Phi) is 2.91. The van der Waals surface area contributed by atoms with Crippen LogP contribution >= 0.6 is 11.6 Å². The first-order valence-corrected chi connectivity index (χ1v) is 6.33. The van der Waals surface area contributed by atoms with Gasteiger partial charge < -0.3 is 5.32 Å². The molecule has 3 aromatic rings. The van der Waals surface area contributed by atoms with Gasteiger partial charge in [-0.25, -0.2) is 4.98 Å². The Hall–Kier alpha value is -2.40. The number of fused-ring (bicyclic) bond motifs is 2. The molecule has 0 atom stereocenters. The highest BCUT2D eigenvalue weighted by Crippen LogP contribution is 2.36. The van der Waals surface area contributed by atoms with Gasteiger partial charge in [0.05, 0.1) is 26.7 Å². The molecule has 0 spiro atoms. The number of halogens is 1. The number of nitrogens with one attached hydrogen (secondary N) is 1. The molecule has 0 saturated carbocycles. The summed E-state index contributed by atoms with van der Waals surface area (Å²) in [4.78, 5) is 15.0. The van der Waals surface area contributed by atoms with Crippen LogP contribution in [0.4, 0.5) is 11.4 Å². The first kappa shape index (κ1) is 12.6. The molecule has 1 N–H and O–H groups in total. The van der Waals surface area contributed by atoms with Gasteiger partial charge in [-0.1, -0.05) is 17.7 Å². The van der Waals surface area contributed by atoms with Crippen LogP contribution in [-0.2, 0) is 0 Å². The van der Waals surface area contributed by atoms with Crippen molar-refractivity contribution in [3.8, 4) is 0 Å². The molecule has 0 aliphatic carbocycles. The lowest BCUT2D eigenvalue weighted by atomic mass is 10.1. The van der Waals surface area contributed by atoms with E-state index >= 15 is 0 Å². The molecule has 0 bridgehead atoms. The lowest BCUT2D eigenvalue weighted by Crippen LogP contribution is -1.96. The largest absolute Gasteiger partial charge is 0.387 e. The minimum absolute atomic E-state index is 0.0298. The van der Waals surface area contributed by atoms with Crippen LogP contribution in [0.25, 0.3) is 21.8 Å². The van der Waals surface area contributed by atoms with Gasteiger partial charge in [-0.2, -0.15) is 0 Å². The molecule has 0 unspecified atom stereocenters. The number of rotatable bonds is 2. The molecule has 3 rings (SSSR count). The molecule has 2 aromatic carbocycles. The summed E-state index contributed by atoms with van der Waals surface area (Å²) in [6, 6.07) is 10.1. The van der Waals surface area contributed by atoms with Gasteiger partial charge in [0.15, 0.2) is 0 Å². The highest BCUT2D eigenvalue weighted by Gasteiger charge is 2.14. The van der Waals surface area contributed by atoms with Crippen LogP contribution in [0.1, 0.15) is 0 Å². The van der Waals surface area contributed by atoms with E-state index in [0.29, 0.717) is 15.9 Å². The average Bonchev–Trinajstić information content (AvgIpc) is 2.44. The van der Waals surface area contributed by atoms with Crippen LogP contribution < -0.4 is 5.32 Å². The predicted octanol–water partition coefficient (Wildman–Crippen LogP) is 3.99. The van der Waals surface area contributed by atoms with E-state index in [1.54, 1.807) is 19.2 Å². The van der Waals surface area contributed by atoms with Gasteiger partial charge in [0.25, 0.3) is 5.69 Å². The zero-order chi connectivity index (χ0) is 14.3. The number of aromatic nitrogens is 1. The number of nitro groups is 1. The smallest absolute Gasteiger partial charge is 0.270 e. The molecule has 100 valence electrons. The third-order valence-electron chi connectivity index (χ3n) is 3.19. The number of anilines is 1. The number of benzene rings is 2. The fourth-order valence-corrected chi connectivity index (χ4v) is 2.58. The second-order valence-electron chi connectivity index (χ2n) is 4.33. The van der Waals surface area contributed by atoms with Crippen LogP contribution in [-0.4, -0.2) is 17.0 Å². The van der Waals surface area contributed by atoms with E-state index in [0.717, 1.165) is 16.6 Å². The summed E-state index contributed by atoms with van der Waals surface area (Å²) in [5.41, 5.74) is 2.22. The molecule has 20 heavy (non-hydrogen) atoms. The highest BCUT2D eigenvalue weighted by atomic mass is 35.5. The summed E-state index contributed by atoms with van der Waals surface area (Å²) in [7, 11) is 1.76. The maximum Gasteiger partial charge on any atom is 0.270 e. The second kappa shape index (κ2) is 4.61. The van der Waals surface area contributed by atoms with Crippen molar-refractivity contribution in [3.05, 3.63) is 51.5 Å². The fourth-order valence-electron chi connectivity index (χ4n) is 2.31. The summed E-state index contributed by atoms with van der Waals surface area (Å²) in [5, 5.41) is 16.0. The number of pyridine rings is 1. The first-order valence-electron chi connectivity index (χ1n) is 5.96. The zero-order valence-electron chi connectivity index (χ0n) is 10.6. The van der Waals surface area contributed by atoms with Crippen molar-refractivity contribution in [2.75, 3.05) is 12.4 Å². The van der Waals surface area contributed by atoms with E-state index in [9.17, 15) is 10.1 Å². The number of hydrogen-bond acceptors (Lipinski definition) is 4.